The van der Waals surface area contributed by atoms with Crippen LogP contribution in [0.4, 0.5) is 10.5 Å². The van der Waals surface area contributed by atoms with Gasteiger partial charge < -0.3 is 9.84 Å². The van der Waals surface area contributed by atoms with Gasteiger partial charge in [0.25, 0.3) is 0 Å². The average Bonchev–Trinajstić information content (AvgIpc) is 2.25. The van der Waals surface area contributed by atoms with Crippen LogP contribution in [0.1, 0.15) is 11.1 Å². The quantitative estimate of drug-likeness (QED) is 0.851. The van der Waals surface area contributed by atoms with Crippen LogP contribution >= 0.6 is 0 Å². The zero-order valence-corrected chi connectivity index (χ0v) is 9.86. The van der Waals surface area contributed by atoms with Crippen LogP contribution in [0.15, 0.2) is 18.2 Å². The zero-order chi connectivity index (χ0) is 12.1. The van der Waals surface area contributed by atoms with Gasteiger partial charge in [-0.3, -0.25) is 4.90 Å². The van der Waals surface area contributed by atoms with E-state index in [1.807, 2.05) is 32.0 Å². The molecule has 4 nitrogen and oxygen atoms in total. The topological polar surface area (TPSA) is 49.8 Å². The molecule has 0 aliphatic carbocycles. The first-order chi connectivity index (χ1) is 7.56. The van der Waals surface area contributed by atoms with Crippen molar-refractivity contribution < 1.29 is 14.6 Å². The van der Waals surface area contributed by atoms with Crippen LogP contribution in [0, 0.1) is 13.8 Å². The Morgan fingerprint density at radius 1 is 1.44 bits per heavy atom. The van der Waals surface area contributed by atoms with E-state index < -0.39 is 6.09 Å². The summed E-state index contributed by atoms with van der Waals surface area (Å²) in [6.07, 6.45) is -0.457. The van der Waals surface area contributed by atoms with E-state index in [9.17, 15) is 4.79 Å². The van der Waals surface area contributed by atoms with E-state index in [4.69, 9.17) is 9.84 Å². The summed E-state index contributed by atoms with van der Waals surface area (Å²) in [5.74, 6) is 0. The molecule has 1 amide bonds. The second kappa shape index (κ2) is 5.51. The first kappa shape index (κ1) is 12.5. The molecule has 0 aliphatic heterocycles. The Morgan fingerprint density at radius 2 is 2.12 bits per heavy atom. The summed E-state index contributed by atoms with van der Waals surface area (Å²) in [5, 5.41) is 8.56. The number of carbonyl (C=O) groups excluding carboxylic acids is 1. The predicted molar refractivity (Wildman–Crippen MR) is 62.8 cm³/mol. The number of amides is 1. The van der Waals surface area contributed by atoms with E-state index >= 15 is 0 Å². The van der Waals surface area contributed by atoms with Gasteiger partial charge in [-0.15, -0.1) is 0 Å². The summed E-state index contributed by atoms with van der Waals surface area (Å²) in [6, 6.07) is 5.83. The van der Waals surface area contributed by atoms with E-state index in [-0.39, 0.29) is 13.2 Å². The SMILES string of the molecule is Cc1ccc(N(C)C(=O)OCCO)c(C)c1. The summed E-state index contributed by atoms with van der Waals surface area (Å²) in [6.45, 7) is 3.81. The third-order valence-electron chi connectivity index (χ3n) is 2.30. The highest BCUT2D eigenvalue weighted by molar-refractivity contribution is 5.88. The highest BCUT2D eigenvalue weighted by Crippen LogP contribution is 2.20. The molecular weight excluding hydrogens is 206 g/mol. The minimum Gasteiger partial charge on any atom is -0.447 e. The molecule has 0 heterocycles. The highest BCUT2D eigenvalue weighted by atomic mass is 16.6. The fraction of sp³-hybridized carbons (Fsp3) is 0.417. The fourth-order valence-corrected chi connectivity index (χ4v) is 1.51. The van der Waals surface area contributed by atoms with Gasteiger partial charge in [-0.2, -0.15) is 0 Å². The van der Waals surface area contributed by atoms with Crippen molar-refractivity contribution in [2.45, 2.75) is 13.8 Å². The first-order valence-corrected chi connectivity index (χ1v) is 5.15. The molecule has 0 fully saturated rings. The Labute approximate surface area is 95.5 Å². The van der Waals surface area contributed by atoms with Crippen molar-refractivity contribution in [1.29, 1.82) is 0 Å². The average molecular weight is 223 g/mol. The summed E-state index contributed by atoms with van der Waals surface area (Å²) in [7, 11) is 1.65. The third kappa shape index (κ3) is 2.97. The molecule has 0 radical (unpaired) electrons. The van der Waals surface area contributed by atoms with Crippen LogP contribution in [-0.2, 0) is 4.74 Å². The largest absolute Gasteiger partial charge is 0.447 e. The molecule has 1 aromatic carbocycles. The maximum atomic E-state index is 11.5. The maximum absolute atomic E-state index is 11.5. The molecule has 1 rings (SSSR count). The minimum absolute atomic E-state index is 0.0219. The number of ether oxygens (including phenoxy) is 1. The van der Waals surface area contributed by atoms with Gasteiger partial charge in [0.2, 0.25) is 0 Å². The van der Waals surface area contributed by atoms with Gasteiger partial charge in [0.1, 0.15) is 6.61 Å². The van der Waals surface area contributed by atoms with Gasteiger partial charge in [-0.1, -0.05) is 17.7 Å². The lowest BCUT2D eigenvalue weighted by Crippen LogP contribution is -2.28. The molecule has 88 valence electrons. The van der Waals surface area contributed by atoms with Gasteiger partial charge in [0.15, 0.2) is 0 Å². The van der Waals surface area contributed by atoms with Crippen LogP contribution in [0.3, 0.4) is 0 Å². The number of aliphatic hydroxyl groups is 1. The molecule has 0 aromatic heterocycles. The second-order valence-corrected chi connectivity index (χ2v) is 3.69. The molecular formula is C12H17NO3. The number of hydrogen-bond acceptors (Lipinski definition) is 3. The van der Waals surface area contributed by atoms with Crippen molar-refractivity contribution in [2.24, 2.45) is 0 Å². The molecule has 0 bridgehead atoms. The molecule has 0 spiro atoms. The summed E-state index contributed by atoms with van der Waals surface area (Å²) in [5.41, 5.74) is 2.98. The molecule has 1 aromatic rings. The second-order valence-electron chi connectivity index (χ2n) is 3.69. The molecule has 0 saturated heterocycles. The van der Waals surface area contributed by atoms with Crippen molar-refractivity contribution in [3.05, 3.63) is 29.3 Å². The van der Waals surface area contributed by atoms with Gasteiger partial charge in [-0.25, -0.2) is 4.79 Å². The Hall–Kier alpha value is -1.55. The Balaban J connectivity index is 2.79. The standard InChI is InChI=1S/C12H17NO3/c1-9-4-5-11(10(2)8-9)13(3)12(15)16-7-6-14/h4-5,8,14H,6-7H2,1-3H3. The lowest BCUT2D eigenvalue weighted by atomic mass is 10.1. The smallest absolute Gasteiger partial charge is 0.414 e. The molecule has 1 N–H and O–H groups in total. The van der Waals surface area contributed by atoms with Gasteiger partial charge >= 0.3 is 6.09 Å². The summed E-state index contributed by atoms with van der Waals surface area (Å²) < 4.78 is 4.83. The van der Waals surface area contributed by atoms with E-state index in [0.29, 0.717) is 0 Å². The van der Waals surface area contributed by atoms with Crippen molar-refractivity contribution in [1.82, 2.24) is 0 Å². The number of aliphatic hydroxyl groups excluding tert-OH is 1. The van der Waals surface area contributed by atoms with Crippen molar-refractivity contribution in [3.8, 4) is 0 Å². The van der Waals surface area contributed by atoms with Crippen LogP contribution in [0.25, 0.3) is 0 Å². The van der Waals surface area contributed by atoms with E-state index in [1.165, 1.54) is 4.90 Å². The van der Waals surface area contributed by atoms with Crippen molar-refractivity contribution >= 4 is 11.8 Å². The number of rotatable bonds is 3. The van der Waals surface area contributed by atoms with E-state index in [0.717, 1.165) is 16.8 Å². The molecule has 0 atom stereocenters. The number of benzene rings is 1. The first-order valence-electron chi connectivity index (χ1n) is 5.15. The monoisotopic (exact) mass is 223 g/mol. The number of hydrogen-bond donors (Lipinski definition) is 1. The zero-order valence-electron chi connectivity index (χ0n) is 9.86. The number of carbonyl (C=O) groups is 1. The number of nitrogens with zero attached hydrogens (tertiary/aromatic N) is 1. The third-order valence-corrected chi connectivity index (χ3v) is 2.30. The van der Waals surface area contributed by atoms with Crippen LogP contribution < -0.4 is 4.90 Å². The van der Waals surface area contributed by atoms with Crippen LogP contribution in [0.5, 0.6) is 0 Å². The number of anilines is 1. The minimum atomic E-state index is -0.457. The van der Waals surface area contributed by atoms with Crippen molar-refractivity contribution in [2.75, 3.05) is 25.2 Å². The molecule has 16 heavy (non-hydrogen) atoms. The van der Waals surface area contributed by atoms with Crippen LogP contribution in [-0.4, -0.2) is 31.5 Å². The molecule has 0 aliphatic rings. The lowest BCUT2D eigenvalue weighted by molar-refractivity contribution is 0.126. The van der Waals surface area contributed by atoms with Gasteiger partial charge in [-0.05, 0) is 25.5 Å². The fourth-order valence-electron chi connectivity index (χ4n) is 1.51. The van der Waals surface area contributed by atoms with Gasteiger partial charge in [0.05, 0.1) is 6.61 Å². The lowest BCUT2D eigenvalue weighted by Gasteiger charge is -2.19. The number of aryl methyl sites for hydroxylation is 2. The Morgan fingerprint density at radius 3 is 2.69 bits per heavy atom. The molecule has 0 saturated carbocycles. The predicted octanol–water partition coefficient (Wildman–Crippen LogP) is 1.87. The highest BCUT2D eigenvalue weighted by Gasteiger charge is 2.13. The summed E-state index contributed by atoms with van der Waals surface area (Å²) >= 11 is 0. The van der Waals surface area contributed by atoms with E-state index in [2.05, 4.69) is 0 Å². The Kier molecular flexibility index (Phi) is 4.31. The Bertz CT molecular complexity index is 377. The van der Waals surface area contributed by atoms with E-state index in [1.54, 1.807) is 7.05 Å². The van der Waals surface area contributed by atoms with Gasteiger partial charge in [0, 0.05) is 12.7 Å². The molecule has 0 unspecified atom stereocenters. The normalized spacial score (nSPS) is 10.0. The summed E-state index contributed by atoms with van der Waals surface area (Å²) in [4.78, 5) is 13.0. The molecule has 4 heteroatoms. The maximum Gasteiger partial charge on any atom is 0.414 e. The van der Waals surface area contributed by atoms with Crippen LogP contribution in [0.2, 0.25) is 0 Å². The van der Waals surface area contributed by atoms with Crippen molar-refractivity contribution in [3.63, 3.8) is 0 Å².